The third kappa shape index (κ3) is 3.46. The van der Waals surface area contributed by atoms with Crippen LogP contribution in [0.4, 0.5) is 4.79 Å². The van der Waals surface area contributed by atoms with Crippen molar-refractivity contribution in [3.05, 3.63) is 24.8 Å². The maximum atomic E-state index is 11.2. The van der Waals surface area contributed by atoms with E-state index in [0.29, 0.717) is 13.0 Å². The molecule has 0 aliphatic heterocycles. The Hall–Kier alpha value is -1.78. The predicted molar refractivity (Wildman–Crippen MR) is 55.4 cm³/mol. The van der Waals surface area contributed by atoms with Gasteiger partial charge in [-0.25, -0.2) is 4.79 Å². The fraction of sp³-hybridized carbons (Fsp3) is 0.400. The third-order valence-electron chi connectivity index (χ3n) is 2.12. The molecular weight excluding hydrogens is 196 g/mol. The minimum absolute atomic E-state index is 0.198. The van der Waals surface area contributed by atoms with Crippen LogP contribution in [0, 0.1) is 5.92 Å². The first kappa shape index (κ1) is 11.3. The van der Waals surface area contributed by atoms with E-state index in [1.54, 1.807) is 18.2 Å². The number of carbonyl (C=O) groups is 2. The third-order valence-corrected chi connectivity index (χ3v) is 2.12. The minimum atomic E-state index is -0.859. The second kappa shape index (κ2) is 5.19. The Kier molecular flexibility index (Phi) is 3.91. The summed E-state index contributed by atoms with van der Waals surface area (Å²) in [4.78, 5) is 21.8. The normalized spacial score (nSPS) is 23.5. The Bertz CT molecular complexity index is 299. The molecule has 0 radical (unpaired) electrons. The second-order valence-corrected chi connectivity index (χ2v) is 3.31. The first-order valence-electron chi connectivity index (χ1n) is 4.70. The van der Waals surface area contributed by atoms with Crippen molar-refractivity contribution < 1.29 is 14.7 Å². The zero-order valence-corrected chi connectivity index (χ0v) is 8.27. The quantitative estimate of drug-likeness (QED) is 0.591. The lowest BCUT2D eigenvalue weighted by Gasteiger charge is -2.12. The molecule has 1 aliphatic carbocycles. The summed E-state index contributed by atoms with van der Waals surface area (Å²) < 4.78 is 0. The van der Waals surface area contributed by atoms with Crippen LogP contribution < -0.4 is 10.6 Å². The molecule has 1 rings (SSSR count). The average Bonchev–Trinajstić information content (AvgIpc) is 2.63. The molecule has 0 aromatic rings. The van der Waals surface area contributed by atoms with Crippen molar-refractivity contribution in [2.45, 2.75) is 12.5 Å². The van der Waals surface area contributed by atoms with E-state index in [1.807, 2.05) is 0 Å². The number of hydrogen-bond donors (Lipinski definition) is 3. The molecule has 5 heteroatoms. The van der Waals surface area contributed by atoms with Gasteiger partial charge in [0.15, 0.2) is 0 Å². The highest BCUT2D eigenvalue weighted by atomic mass is 16.4. The van der Waals surface area contributed by atoms with Gasteiger partial charge in [0.25, 0.3) is 0 Å². The van der Waals surface area contributed by atoms with E-state index in [1.165, 1.54) is 0 Å². The first-order valence-corrected chi connectivity index (χ1v) is 4.70. The highest BCUT2D eigenvalue weighted by Gasteiger charge is 2.24. The maximum absolute atomic E-state index is 11.2. The van der Waals surface area contributed by atoms with Crippen molar-refractivity contribution in [3.63, 3.8) is 0 Å². The van der Waals surface area contributed by atoms with Crippen molar-refractivity contribution in [2.75, 3.05) is 6.54 Å². The summed E-state index contributed by atoms with van der Waals surface area (Å²) in [6.07, 6.45) is 5.29. The molecule has 2 atom stereocenters. The molecule has 0 fully saturated rings. The monoisotopic (exact) mass is 210 g/mol. The van der Waals surface area contributed by atoms with Crippen LogP contribution in [0.15, 0.2) is 24.8 Å². The van der Waals surface area contributed by atoms with Gasteiger partial charge in [0.05, 0.1) is 12.0 Å². The van der Waals surface area contributed by atoms with Gasteiger partial charge in [-0.05, 0) is 6.42 Å². The molecule has 0 spiro atoms. The molecule has 3 N–H and O–H groups in total. The van der Waals surface area contributed by atoms with E-state index in [2.05, 4.69) is 17.2 Å². The first-order chi connectivity index (χ1) is 7.13. The Morgan fingerprint density at radius 1 is 1.53 bits per heavy atom. The Morgan fingerprint density at radius 3 is 2.80 bits per heavy atom. The number of carboxylic acid groups (broad SMARTS) is 1. The van der Waals surface area contributed by atoms with Crippen LogP contribution in [0.2, 0.25) is 0 Å². The van der Waals surface area contributed by atoms with Crippen LogP contribution in [-0.2, 0) is 4.79 Å². The molecule has 2 amide bonds. The van der Waals surface area contributed by atoms with E-state index in [4.69, 9.17) is 5.11 Å². The molecule has 1 aliphatic rings. The van der Waals surface area contributed by atoms with Crippen molar-refractivity contribution in [1.82, 2.24) is 10.6 Å². The van der Waals surface area contributed by atoms with Crippen LogP contribution in [0.25, 0.3) is 0 Å². The van der Waals surface area contributed by atoms with Crippen LogP contribution in [0.1, 0.15) is 6.42 Å². The van der Waals surface area contributed by atoms with Crippen LogP contribution in [-0.4, -0.2) is 29.7 Å². The van der Waals surface area contributed by atoms with Gasteiger partial charge in [-0.2, -0.15) is 0 Å². The molecule has 0 aromatic carbocycles. The highest BCUT2D eigenvalue weighted by Crippen LogP contribution is 2.17. The zero-order valence-electron chi connectivity index (χ0n) is 8.27. The topological polar surface area (TPSA) is 78.4 Å². The summed E-state index contributed by atoms with van der Waals surface area (Å²) >= 11 is 0. The number of carboxylic acids is 1. The number of carbonyl (C=O) groups excluding carboxylic acids is 1. The lowest BCUT2D eigenvalue weighted by atomic mass is 10.1. The fourth-order valence-corrected chi connectivity index (χ4v) is 1.37. The van der Waals surface area contributed by atoms with Gasteiger partial charge >= 0.3 is 12.0 Å². The molecule has 0 heterocycles. The van der Waals surface area contributed by atoms with Gasteiger partial charge in [-0.1, -0.05) is 18.2 Å². The molecule has 2 unspecified atom stereocenters. The number of urea groups is 1. The summed E-state index contributed by atoms with van der Waals surface area (Å²) in [5, 5.41) is 13.9. The number of aliphatic carboxylic acids is 1. The molecule has 15 heavy (non-hydrogen) atoms. The summed E-state index contributed by atoms with van der Waals surface area (Å²) in [5.41, 5.74) is 0. The van der Waals surface area contributed by atoms with Crippen molar-refractivity contribution in [2.24, 2.45) is 5.92 Å². The number of rotatable bonds is 4. The second-order valence-electron chi connectivity index (χ2n) is 3.31. The largest absolute Gasteiger partial charge is 0.481 e. The molecule has 82 valence electrons. The van der Waals surface area contributed by atoms with Crippen LogP contribution >= 0.6 is 0 Å². The van der Waals surface area contributed by atoms with Crippen molar-refractivity contribution in [1.29, 1.82) is 0 Å². The summed E-state index contributed by atoms with van der Waals surface area (Å²) in [5.74, 6) is -1.35. The van der Waals surface area contributed by atoms with Gasteiger partial charge < -0.3 is 15.7 Å². The van der Waals surface area contributed by atoms with E-state index in [-0.39, 0.29) is 12.1 Å². The lowest BCUT2D eigenvalue weighted by molar-refractivity contribution is -0.140. The minimum Gasteiger partial charge on any atom is -0.481 e. The average molecular weight is 210 g/mol. The molecule has 0 aromatic heterocycles. The van der Waals surface area contributed by atoms with Gasteiger partial charge in [0, 0.05) is 6.54 Å². The zero-order chi connectivity index (χ0) is 11.3. The van der Waals surface area contributed by atoms with Crippen LogP contribution in [0.5, 0.6) is 0 Å². The van der Waals surface area contributed by atoms with Gasteiger partial charge in [-0.15, -0.1) is 6.58 Å². The van der Waals surface area contributed by atoms with Crippen molar-refractivity contribution >= 4 is 12.0 Å². The number of amides is 2. The number of nitrogens with one attached hydrogen (secondary N) is 2. The Labute approximate surface area is 87.9 Å². The van der Waals surface area contributed by atoms with E-state index < -0.39 is 11.9 Å². The summed E-state index contributed by atoms with van der Waals surface area (Å²) in [7, 11) is 0. The number of hydrogen-bond acceptors (Lipinski definition) is 2. The maximum Gasteiger partial charge on any atom is 0.315 e. The molecular formula is C10H14N2O3. The van der Waals surface area contributed by atoms with E-state index in [9.17, 15) is 9.59 Å². The molecule has 0 saturated carbocycles. The van der Waals surface area contributed by atoms with Gasteiger partial charge in [0.2, 0.25) is 0 Å². The Balaban J connectivity index is 2.30. The van der Waals surface area contributed by atoms with Crippen molar-refractivity contribution in [3.8, 4) is 0 Å². The standard InChI is InChI=1S/C10H14N2O3/c1-2-5-11-10(15)12-8-4-3-7(6-8)9(13)14/h2-4,7-8H,1,5-6H2,(H,13,14)(H2,11,12,15). The summed E-state index contributed by atoms with van der Waals surface area (Å²) in [6, 6.07) is -0.508. The molecule has 0 saturated heterocycles. The molecule has 5 nitrogen and oxygen atoms in total. The Morgan fingerprint density at radius 2 is 2.27 bits per heavy atom. The summed E-state index contributed by atoms with van der Waals surface area (Å²) in [6.45, 7) is 3.86. The predicted octanol–water partition coefficient (Wildman–Crippen LogP) is 0.501. The SMILES string of the molecule is C=CCNC(=O)NC1C=CC(C(=O)O)C1. The lowest BCUT2D eigenvalue weighted by Crippen LogP contribution is -2.41. The van der Waals surface area contributed by atoms with Gasteiger partial charge in [-0.3, -0.25) is 4.79 Å². The van der Waals surface area contributed by atoms with E-state index >= 15 is 0 Å². The van der Waals surface area contributed by atoms with Crippen LogP contribution in [0.3, 0.4) is 0 Å². The molecule has 0 bridgehead atoms. The van der Waals surface area contributed by atoms with Gasteiger partial charge in [0.1, 0.15) is 0 Å². The smallest absolute Gasteiger partial charge is 0.315 e. The van der Waals surface area contributed by atoms with E-state index in [0.717, 1.165) is 0 Å². The fourth-order valence-electron chi connectivity index (χ4n) is 1.37. The highest BCUT2D eigenvalue weighted by molar-refractivity contribution is 5.76.